The largest absolute Gasteiger partial charge is 0.497 e. The fourth-order valence-corrected chi connectivity index (χ4v) is 4.37. The normalized spacial score (nSPS) is 10.8. The smallest absolute Gasteiger partial charge is 0.348 e. The summed E-state index contributed by atoms with van der Waals surface area (Å²) in [6, 6.07) is 16.9. The number of aromatic amines is 1. The summed E-state index contributed by atoms with van der Waals surface area (Å²) < 4.78 is 16.0. The summed E-state index contributed by atoms with van der Waals surface area (Å²) in [7, 11) is 1.61. The number of aromatic nitrogens is 2. The molecule has 0 saturated carbocycles. The van der Waals surface area contributed by atoms with Crippen LogP contribution in [-0.2, 0) is 11.2 Å². The minimum Gasteiger partial charge on any atom is -0.497 e. The molecule has 7 nitrogen and oxygen atoms in total. The van der Waals surface area contributed by atoms with Crippen molar-refractivity contribution in [1.82, 2.24) is 9.97 Å². The van der Waals surface area contributed by atoms with Gasteiger partial charge in [-0.05, 0) is 42.3 Å². The summed E-state index contributed by atoms with van der Waals surface area (Å²) in [6.45, 7) is 2.08. The molecule has 0 amide bonds. The first-order valence-electron chi connectivity index (χ1n) is 10.1. The molecule has 0 saturated heterocycles. The lowest BCUT2D eigenvalue weighted by molar-refractivity contribution is 0.0455. The van der Waals surface area contributed by atoms with Gasteiger partial charge in [0.15, 0.2) is 0 Å². The van der Waals surface area contributed by atoms with E-state index in [0.29, 0.717) is 38.7 Å². The average molecular weight is 451 g/mol. The zero-order chi connectivity index (χ0) is 22.5. The van der Waals surface area contributed by atoms with E-state index in [1.54, 1.807) is 14.0 Å². The Morgan fingerprint density at radius 2 is 1.78 bits per heavy atom. The number of thiophene rings is 1. The van der Waals surface area contributed by atoms with Crippen molar-refractivity contribution >= 4 is 27.5 Å². The van der Waals surface area contributed by atoms with Crippen LogP contribution in [0.1, 0.15) is 26.6 Å². The highest BCUT2D eigenvalue weighted by atomic mass is 32.1. The van der Waals surface area contributed by atoms with Gasteiger partial charge in [0, 0.05) is 6.42 Å². The van der Waals surface area contributed by atoms with Crippen LogP contribution < -0.4 is 15.0 Å². The van der Waals surface area contributed by atoms with E-state index in [4.69, 9.17) is 14.2 Å². The van der Waals surface area contributed by atoms with Crippen LogP contribution in [0.3, 0.4) is 0 Å². The highest BCUT2D eigenvalue weighted by Gasteiger charge is 2.20. The summed E-state index contributed by atoms with van der Waals surface area (Å²) in [5.74, 6) is 1.52. The molecule has 0 spiro atoms. The van der Waals surface area contributed by atoms with E-state index in [9.17, 15) is 9.59 Å². The number of para-hydroxylation sites is 1. The van der Waals surface area contributed by atoms with Gasteiger partial charge in [0.1, 0.15) is 40.2 Å². The molecule has 0 atom stereocenters. The van der Waals surface area contributed by atoms with Crippen molar-refractivity contribution in [2.75, 3.05) is 20.3 Å². The number of fused-ring (bicyclic) bond motifs is 1. The van der Waals surface area contributed by atoms with E-state index in [0.717, 1.165) is 22.6 Å². The molecule has 0 bridgehead atoms. The molecule has 0 aliphatic heterocycles. The first-order valence-corrected chi connectivity index (χ1v) is 10.9. The van der Waals surface area contributed by atoms with Gasteiger partial charge >= 0.3 is 5.97 Å². The first-order chi connectivity index (χ1) is 15.5. The first kappa shape index (κ1) is 21.6. The second-order valence-electron chi connectivity index (χ2n) is 7.07. The van der Waals surface area contributed by atoms with Crippen LogP contribution >= 0.6 is 11.3 Å². The number of hydrogen-bond acceptors (Lipinski definition) is 7. The summed E-state index contributed by atoms with van der Waals surface area (Å²) in [5.41, 5.74) is 1.29. The Balaban J connectivity index is 1.46. The van der Waals surface area contributed by atoms with E-state index in [-0.39, 0.29) is 18.8 Å². The Morgan fingerprint density at radius 1 is 1.03 bits per heavy atom. The van der Waals surface area contributed by atoms with Crippen LogP contribution in [0.15, 0.2) is 59.4 Å². The molecule has 2 heterocycles. The highest BCUT2D eigenvalue weighted by molar-refractivity contribution is 7.20. The molecule has 0 unspecified atom stereocenters. The number of rotatable bonds is 8. The Bertz CT molecular complexity index is 1280. The van der Waals surface area contributed by atoms with Gasteiger partial charge in [-0.25, -0.2) is 9.78 Å². The number of benzene rings is 2. The van der Waals surface area contributed by atoms with E-state index < -0.39 is 5.97 Å². The quantitative estimate of drug-likeness (QED) is 0.321. The monoisotopic (exact) mass is 450 g/mol. The molecular formula is C24H22N2O5S. The molecule has 2 aromatic carbocycles. The van der Waals surface area contributed by atoms with Crippen molar-refractivity contribution in [1.29, 1.82) is 0 Å². The molecule has 0 aliphatic carbocycles. The van der Waals surface area contributed by atoms with Crippen LogP contribution in [0, 0.1) is 6.92 Å². The molecule has 1 N–H and O–H groups in total. The highest BCUT2D eigenvalue weighted by Crippen LogP contribution is 2.28. The Hall–Kier alpha value is -3.65. The van der Waals surface area contributed by atoms with Crippen LogP contribution in [-0.4, -0.2) is 36.3 Å². The molecule has 0 fully saturated rings. The maximum absolute atomic E-state index is 12.7. The van der Waals surface area contributed by atoms with Gasteiger partial charge in [0.25, 0.3) is 5.56 Å². The SMILES string of the molecule is COc1ccc(Cc2nc3sc(C(=O)OCCOc4ccccc4)c(C)c3c(=O)[nH]2)cc1. The second-order valence-corrected chi connectivity index (χ2v) is 8.07. The van der Waals surface area contributed by atoms with Gasteiger partial charge in [-0.3, -0.25) is 4.79 Å². The topological polar surface area (TPSA) is 90.5 Å². The number of H-pyrrole nitrogens is 1. The van der Waals surface area contributed by atoms with Crippen molar-refractivity contribution in [2.45, 2.75) is 13.3 Å². The summed E-state index contributed by atoms with van der Waals surface area (Å²) in [6.07, 6.45) is 0.461. The van der Waals surface area contributed by atoms with Crippen LogP contribution in [0.4, 0.5) is 0 Å². The third-order valence-electron chi connectivity index (χ3n) is 4.89. The molecule has 4 rings (SSSR count). The summed E-state index contributed by atoms with van der Waals surface area (Å²) >= 11 is 1.16. The van der Waals surface area contributed by atoms with Gasteiger partial charge in [0.2, 0.25) is 0 Å². The number of ether oxygens (including phenoxy) is 3. The zero-order valence-electron chi connectivity index (χ0n) is 17.7. The Kier molecular flexibility index (Phi) is 6.51. The Labute approximate surface area is 188 Å². The molecule has 164 valence electrons. The van der Waals surface area contributed by atoms with E-state index in [1.807, 2.05) is 54.6 Å². The number of methoxy groups -OCH3 is 1. The van der Waals surface area contributed by atoms with E-state index in [1.165, 1.54) is 0 Å². The van der Waals surface area contributed by atoms with Gasteiger partial charge in [-0.2, -0.15) is 0 Å². The number of nitrogens with one attached hydrogen (secondary N) is 1. The van der Waals surface area contributed by atoms with E-state index >= 15 is 0 Å². The molecule has 32 heavy (non-hydrogen) atoms. The minimum atomic E-state index is -0.488. The maximum Gasteiger partial charge on any atom is 0.348 e. The lowest BCUT2D eigenvalue weighted by Crippen LogP contribution is -2.13. The molecule has 0 aliphatic rings. The summed E-state index contributed by atoms with van der Waals surface area (Å²) in [4.78, 5) is 33.5. The van der Waals surface area contributed by atoms with E-state index in [2.05, 4.69) is 9.97 Å². The average Bonchev–Trinajstić information content (AvgIpc) is 3.14. The predicted octanol–water partition coefficient (Wildman–Crippen LogP) is 4.13. The third-order valence-corrected chi connectivity index (χ3v) is 6.06. The summed E-state index contributed by atoms with van der Waals surface area (Å²) in [5, 5.41) is 0.418. The molecule has 2 aromatic heterocycles. The van der Waals surface area contributed by atoms with Gasteiger partial charge < -0.3 is 19.2 Å². The second kappa shape index (κ2) is 9.65. The van der Waals surface area contributed by atoms with Crippen LogP contribution in [0.5, 0.6) is 11.5 Å². The van der Waals surface area contributed by atoms with Gasteiger partial charge in [0.05, 0.1) is 12.5 Å². The number of carbonyl (C=O) groups is 1. The maximum atomic E-state index is 12.7. The number of carbonyl (C=O) groups excluding carboxylic acids is 1. The van der Waals surface area contributed by atoms with Crippen molar-refractivity contribution in [2.24, 2.45) is 0 Å². The van der Waals surface area contributed by atoms with Gasteiger partial charge in [-0.1, -0.05) is 30.3 Å². The number of hydrogen-bond donors (Lipinski definition) is 1. The number of esters is 1. The Morgan fingerprint density at radius 3 is 2.50 bits per heavy atom. The van der Waals surface area contributed by atoms with Gasteiger partial charge in [-0.15, -0.1) is 11.3 Å². The third kappa shape index (κ3) is 4.81. The van der Waals surface area contributed by atoms with Crippen molar-refractivity contribution in [3.8, 4) is 11.5 Å². The number of aryl methyl sites for hydroxylation is 1. The van der Waals surface area contributed by atoms with Crippen molar-refractivity contribution in [3.63, 3.8) is 0 Å². The molecule has 0 radical (unpaired) electrons. The zero-order valence-corrected chi connectivity index (χ0v) is 18.5. The van der Waals surface area contributed by atoms with Crippen LogP contribution in [0.2, 0.25) is 0 Å². The lowest BCUT2D eigenvalue weighted by Gasteiger charge is -2.06. The molecular weight excluding hydrogens is 428 g/mol. The standard InChI is InChI=1S/C24H22N2O5S/c1-15-20-22(27)25-19(14-16-8-10-17(29-2)11-9-16)26-23(20)32-21(15)24(28)31-13-12-30-18-6-4-3-5-7-18/h3-11H,12-14H2,1-2H3,(H,25,26,27). The van der Waals surface area contributed by atoms with Crippen molar-refractivity contribution < 1.29 is 19.0 Å². The predicted molar refractivity (Wildman–Crippen MR) is 123 cm³/mol. The number of nitrogens with zero attached hydrogens (tertiary/aromatic N) is 1. The fourth-order valence-electron chi connectivity index (χ4n) is 3.28. The van der Waals surface area contributed by atoms with Crippen molar-refractivity contribution in [3.05, 3.63) is 86.8 Å². The fraction of sp³-hybridized carbons (Fsp3) is 0.208. The minimum absolute atomic E-state index is 0.105. The molecule has 8 heteroatoms. The molecule has 4 aromatic rings. The van der Waals surface area contributed by atoms with Crippen LogP contribution in [0.25, 0.3) is 10.2 Å². The lowest BCUT2D eigenvalue weighted by atomic mass is 10.1.